The minimum absolute atomic E-state index is 0.128. The fourth-order valence-corrected chi connectivity index (χ4v) is 2.11. The minimum Gasteiger partial charge on any atom is -0.505 e. The molecule has 6 heteroatoms. The van der Waals surface area contributed by atoms with Gasteiger partial charge in [-0.15, -0.1) is 0 Å². The summed E-state index contributed by atoms with van der Waals surface area (Å²) in [6.07, 6.45) is 1.57. The molecule has 0 fully saturated rings. The number of carbonyl (C=O) groups is 1. The van der Waals surface area contributed by atoms with Crippen molar-refractivity contribution < 1.29 is 14.6 Å². The van der Waals surface area contributed by atoms with Crippen LogP contribution in [0.5, 0.6) is 5.75 Å². The first-order valence-electron chi connectivity index (χ1n) is 6.40. The predicted octanol–water partition coefficient (Wildman–Crippen LogP) is 1.61. The Morgan fingerprint density at radius 2 is 2.15 bits per heavy atom. The topological polar surface area (TPSA) is 81.4 Å². The van der Waals surface area contributed by atoms with Crippen LogP contribution in [0.4, 0.5) is 0 Å². The van der Waals surface area contributed by atoms with E-state index in [1.54, 1.807) is 26.1 Å². The maximum absolute atomic E-state index is 12.3. The summed E-state index contributed by atoms with van der Waals surface area (Å²) in [4.78, 5) is 28.3. The fraction of sp³-hybridized carbons (Fsp3) is 0.357. The first-order chi connectivity index (χ1) is 9.51. The third kappa shape index (κ3) is 2.13. The van der Waals surface area contributed by atoms with E-state index in [0.717, 1.165) is 5.56 Å². The summed E-state index contributed by atoms with van der Waals surface area (Å²) in [7, 11) is 0. The van der Waals surface area contributed by atoms with Crippen LogP contribution < -0.4 is 5.56 Å². The van der Waals surface area contributed by atoms with Gasteiger partial charge in [-0.05, 0) is 32.4 Å². The second-order valence-electron chi connectivity index (χ2n) is 4.37. The van der Waals surface area contributed by atoms with E-state index in [0.29, 0.717) is 12.1 Å². The molecule has 0 unspecified atom stereocenters. The van der Waals surface area contributed by atoms with Crippen molar-refractivity contribution in [1.29, 1.82) is 0 Å². The molecule has 0 saturated heterocycles. The SMILES string of the molecule is CCOC(=O)c1c(O)c2ncc(C)cc2n(CC)c1=O. The van der Waals surface area contributed by atoms with E-state index in [1.165, 1.54) is 4.57 Å². The largest absolute Gasteiger partial charge is 0.505 e. The van der Waals surface area contributed by atoms with Gasteiger partial charge in [0.25, 0.3) is 5.56 Å². The number of carbonyl (C=O) groups excluding carboxylic acids is 1. The van der Waals surface area contributed by atoms with Crippen LogP contribution in [0.25, 0.3) is 11.0 Å². The van der Waals surface area contributed by atoms with Crippen molar-refractivity contribution >= 4 is 17.0 Å². The van der Waals surface area contributed by atoms with Crippen molar-refractivity contribution in [3.8, 4) is 5.75 Å². The van der Waals surface area contributed by atoms with Crippen LogP contribution >= 0.6 is 0 Å². The van der Waals surface area contributed by atoms with E-state index in [2.05, 4.69) is 4.98 Å². The number of aromatic hydroxyl groups is 1. The molecule has 0 atom stereocenters. The number of pyridine rings is 2. The highest BCUT2D eigenvalue weighted by Gasteiger charge is 2.23. The van der Waals surface area contributed by atoms with E-state index >= 15 is 0 Å². The van der Waals surface area contributed by atoms with Crippen LogP contribution in [-0.4, -0.2) is 27.2 Å². The Labute approximate surface area is 115 Å². The lowest BCUT2D eigenvalue weighted by Crippen LogP contribution is -2.27. The lowest BCUT2D eigenvalue weighted by Gasteiger charge is -2.12. The van der Waals surface area contributed by atoms with Gasteiger partial charge in [-0.25, -0.2) is 4.79 Å². The Morgan fingerprint density at radius 1 is 1.45 bits per heavy atom. The molecule has 0 amide bonds. The van der Waals surface area contributed by atoms with Gasteiger partial charge >= 0.3 is 5.97 Å². The number of aromatic nitrogens is 2. The van der Waals surface area contributed by atoms with Crippen LogP contribution in [-0.2, 0) is 11.3 Å². The number of rotatable bonds is 3. The summed E-state index contributed by atoms with van der Waals surface area (Å²) in [5, 5.41) is 10.2. The second-order valence-corrected chi connectivity index (χ2v) is 4.37. The number of ether oxygens (including phenoxy) is 1. The molecule has 1 N–H and O–H groups in total. The van der Waals surface area contributed by atoms with Crippen molar-refractivity contribution in [1.82, 2.24) is 9.55 Å². The molecule has 2 heterocycles. The Hall–Kier alpha value is -2.37. The number of esters is 1. The zero-order valence-electron chi connectivity index (χ0n) is 11.6. The van der Waals surface area contributed by atoms with Crippen molar-refractivity contribution in [3.63, 3.8) is 0 Å². The van der Waals surface area contributed by atoms with Gasteiger partial charge in [-0.2, -0.15) is 0 Å². The van der Waals surface area contributed by atoms with Crippen molar-refractivity contribution in [3.05, 3.63) is 33.7 Å². The summed E-state index contributed by atoms with van der Waals surface area (Å²) >= 11 is 0. The maximum atomic E-state index is 12.3. The standard InChI is InChI=1S/C14H16N2O4/c1-4-16-9-6-8(3)7-15-11(9)12(17)10(13(16)18)14(19)20-5-2/h6-7,17H,4-5H2,1-3H3. The first-order valence-corrected chi connectivity index (χ1v) is 6.40. The van der Waals surface area contributed by atoms with Gasteiger partial charge in [0, 0.05) is 12.7 Å². The molecule has 0 bridgehead atoms. The highest BCUT2D eigenvalue weighted by atomic mass is 16.5. The normalized spacial score (nSPS) is 10.8. The molecule has 0 aliphatic carbocycles. The van der Waals surface area contributed by atoms with E-state index < -0.39 is 17.3 Å². The molecule has 0 spiro atoms. The van der Waals surface area contributed by atoms with Crippen molar-refractivity contribution in [2.45, 2.75) is 27.3 Å². The molecule has 0 aliphatic rings. The summed E-state index contributed by atoms with van der Waals surface area (Å²) in [5.41, 5.74) is 0.659. The van der Waals surface area contributed by atoms with Crippen LogP contribution in [0.1, 0.15) is 29.8 Å². The highest BCUT2D eigenvalue weighted by Crippen LogP contribution is 2.25. The summed E-state index contributed by atoms with van der Waals surface area (Å²) < 4.78 is 6.23. The highest BCUT2D eigenvalue weighted by molar-refractivity contribution is 5.98. The van der Waals surface area contributed by atoms with E-state index in [4.69, 9.17) is 4.74 Å². The smallest absolute Gasteiger partial charge is 0.347 e. The van der Waals surface area contributed by atoms with E-state index in [1.807, 2.05) is 6.92 Å². The molecule has 2 rings (SSSR count). The molecule has 2 aromatic rings. The minimum atomic E-state index is -0.832. The Kier molecular flexibility index (Phi) is 3.74. The van der Waals surface area contributed by atoms with Gasteiger partial charge in [0.15, 0.2) is 11.3 Å². The van der Waals surface area contributed by atoms with Crippen molar-refractivity contribution in [2.24, 2.45) is 0 Å². The van der Waals surface area contributed by atoms with Gasteiger partial charge in [0.2, 0.25) is 0 Å². The first kappa shape index (κ1) is 14.0. The number of hydrogen-bond acceptors (Lipinski definition) is 5. The third-order valence-corrected chi connectivity index (χ3v) is 3.01. The zero-order chi connectivity index (χ0) is 14.9. The molecule has 0 aromatic carbocycles. The average Bonchev–Trinajstić information content (AvgIpc) is 2.39. The molecule has 0 radical (unpaired) electrons. The maximum Gasteiger partial charge on any atom is 0.347 e. The number of aryl methyl sites for hydroxylation is 2. The molecule has 20 heavy (non-hydrogen) atoms. The van der Waals surface area contributed by atoms with E-state index in [9.17, 15) is 14.7 Å². The van der Waals surface area contributed by atoms with Gasteiger partial charge in [0.1, 0.15) is 5.52 Å². The summed E-state index contributed by atoms with van der Waals surface area (Å²) in [6, 6.07) is 1.75. The number of nitrogens with zero attached hydrogens (tertiary/aromatic N) is 2. The fourth-order valence-electron chi connectivity index (χ4n) is 2.11. The zero-order valence-corrected chi connectivity index (χ0v) is 11.6. The van der Waals surface area contributed by atoms with Gasteiger partial charge < -0.3 is 14.4 Å². The molecular weight excluding hydrogens is 260 g/mol. The van der Waals surface area contributed by atoms with E-state index in [-0.39, 0.29) is 17.7 Å². The molecule has 106 valence electrons. The third-order valence-electron chi connectivity index (χ3n) is 3.01. The average molecular weight is 276 g/mol. The molecule has 0 aliphatic heterocycles. The Balaban J connectivity index is 2.88. The Morgan fingerprint density at radius 3 is 2.75 bits per heavy atom. The predicted molar refractivity (Wildman–Crippen MR) is 74.0 cm³/mol. The van der Waals surface area contributed by atoms with Gasteiger partial charge in [-0.3, -0.25) is 9.78 Å². The molecule has 6 nitrogen and oxygen atoms in total. The number of hydrogen-bond donors (Lipinski definition) is 1. The number of fused-ring (bicyclic) bond motifs is 1. The molecule has 0 saturated carbocycles. The quantitative estimate of drug-likeness (QED) is 0.861. The van der Waals surface area contributed by atoms with Crippen LogP contribution in [0, 0.1) is 6.92 Å². The van der Waals surface area contributed by atoms with Crippen LogP contribution in [0.2, 0.25) is 0 Å². The molecular formula is C14H16N2O4. The van der Waals surface area contributed by atoms with Crippen molar-refractivity contribution in [2.75, 3.05) is 6.61 Å². The Bertz CT molecular complexity index is 734. The van der Waals surface area contributed by atoms with Crippen LogP contribution in [0.15, 0.2) is 17.1 Å². The summed E-state index contributed by atoms with van der Waals surface area (Å²) in [6.45, 7) is 5.76. The monoisotopic (exact) mass is 276 g/mol. The molecule has 2 aromatic heterocycles. The lowest BCUT2D eigenvalue weighted by atomic mass is 10.1. The second kappa shape index (κ2) is 5.32. The van der Waals surface area contributed by atoms with Gasteiger partial charge in [0.05, 0.1) is 12.1 Å². The lowest BCUT2D eigenvalue weighted by molar-refractivity contribution is 0.0520. The summed E-state index contributed by atoms with van der Waals surface area (Å²) in [5.74, 6) is -1.25. The van der Waals surface area contributed by atoms with Gasteiger partial charge in [-0.1, -0.05) is 0 Å². The van der Waals surface area contributed by atoms with Crippen LogP contribution in [0.3, 0.4) is 0 Å².